The molecule has 2 amide bonds. The minimum absolute atomic E-state index is 0.263. The average molecular weight is 333 g/mol. The summed E-state index contributed by atoms with van der Waals surface area (Å²) in [6.07, 6.45) is 1.40. The second kappa shape index (κ2) is 6.01. The molecule has 0 unspecified atom stereocenters. The molecule has 0 aromatic heterocycles. The van der Waals surface area contributed by atoms with Crippen molar-refractivity contribution in [3.63, 3.8) is 0 Å². The highest BCUT2D eigenvalue weighted by Crippen LogP contribution is 2.48. The van der Waals surface area contributed by atoms with Gasteiger partial charge in [-0.05, 0) is 54.8 Å². The van der Waals surface area contributed by atoms with Gasteiger partial charge in [-0.1, -0.05) is 23.7 Å². The van der Waals surface area contributed by atoms with Gasteiger partial charge in [-0.2, -0.15) is 0 Å². The number of carbonyl (C=O) groups excluding carboxylic acids is 2. The molecule has 0 heterocycles. The number of rotatable bonds is 3. The molecule has 3 rings (SSSR count). The van der Waals surface area contributed by atoms with E-state index in [2.05, 4.69) is 10.9 Å². The molecule has 6 heteroatoms. The Morgan fingerprint density at radius 1 is 1.04 bits per heavy atom. The molecular weight excluding hydrogens is 319 g/mol. The van der Waals surface area contributed by atoms with Crippen LogP contribution < -0.4 is 10.9 Å². The lowest BCUT2D eigenvalue weighted by atomic mass is 9.95. The predicted molar refractivity (Wildman–Crippen MR) is 84.4 cm³/mol. The predicted octanol–water partition coefficient (Wildman–Crippen LogP) is 2.97. The molecule has 23 heavy (non-hydrogen) atoms. The summed E-state index contributed by atoms with van der Waals surface area (Å²) in [5, 5.41) is 0.567. The summed E-state index contributed by atoms with van der Waals surface area (Å²) in [6.45, 7) is 0. The van der Waals surface area contributed by atoms with Crippen molar-refractivity contribution in [1.82, 2.24) is 10.9 Å². The van der Waals surface area contributed by atoms with Gasteiger partial charge in [0.15, 0.2) is 0 Å². The van der Waals surface area contributed by atoms with Gasteiger partial charge >= 0.3 is 0 Å². The van der Waals surface area contributed by atoms with E-state index in [9.17, 15) is 14.0 Å². The molecule has 1 saturated carbocycles. The van der Waals surface area contributed by atoms with Gasteiger partial charge in [0.05, 0.1) is 5.41 Å². The highest BCUT2D eigenvalue weighted by molar-refractivity contribution is 6.30. The summed E-state index contributed by atoms with van der Waals surface area (Å²) in [5.74, 6) is -1.21. The number of halogens is 2. The van der Waals surface area contributed by atoms with Crippen LogP contribution in [0.5, 0.6) is 0 Å². The summed E-state index contributed by atoms with van der Waals surface area (Å²) < 4.78 is 12.8. The van der Waals surface area contributed by atoms with Crippen LogP contribution in [0.25, 0.3) is 0 Å². The number of carbonyl (C=O) groups is 2. The first-order valence-corrected chi connectivity index (χ1v) is 7.51. The van der Waals surface area contributed by atoms with Gasteiger partial charge in [0, 0.05) is 10.6 Å². The minimum Gasteiger partial charge on any atom is -0.272 e. The fraction of sp³-hybridized carbons (Fsp3) is 0.176. The molecule has 2 aromatic rings. The van der Waals surface area contributed by atoms with Crippen LogP contribution in [0.15, 0.2) is 48.5 Å². The zero-order valence-corrected chi connectivity index (χ0v) is 12.9. The number of hydrazine groups is 1. The number of hydrogen-bond donors (Lipinski definition) is 2. The van der Waals surface area contributed by atoms with Gasteiger partial charge < -0.3 is 0 Å². The lowest BCUT2D eigenvalue weighted by molar-refractivity contribution is -0.124. The second-order valence-electron chi connectivity index (χ2n) is 5.51. The van der Waals surface area contributed by atoms with Crippen LogP contribution in [0, 0.1) is 5.82 Å². The molecule has 0 bridgehead atoms. The van der Waals surface area contributed by atoms with Crippen LogP contribution >= 0.6 is 11.6 Å². The maximum absolute atomic E-state index is 12.8. The summed E-state index contributed by atoms with van der Waals surface area (Å²) in [7, 11) is 0. The Morgan fingerprint density at radius 2 is 1.74 bits per heavy atom. The molecule has 1 aliphatic rings. The zero-order valence-electron chi connectivity index (χ0n) is 12.1. The summed E-state index contributed by atoms with van der Waals surface area (Å²) in [5.41, 5.74) is 5.25. The van der Waals surface area contributed by atoms with Gasteiger partial charge in [-0.3, -0.25) is 20.4 Å². The van der Waals surface area contributed by atoms with Gasteiger partial charge in [0.25, 0.3) is 5.91 Å². The van der Waals surface area contributed by atoms with Gasteiger partial charge in [0.2, 0.25) is 5.91 Å². The first-order chi connectivity index (χ1) is 11.0. The first-order valence-electron chi connectivity index (χ1n) is 7.14. The maximum Gasteiger partial charge on any atom is 0.269 e. The monoisotopic (exact) mass is 332 g/mol. The maximum atomic E-state index is 12.8. The minimum atomic E-state index is -0.638. The Labute approximate surface area is 137 Å². The number of hydrogen-bond acceptors (Lipinski definition) is 2. The molecular formula is C17H14ClFN2O2. The van der Waals surface area contributed by atoms with Crippen LogP contribution in [0.2, 0.25) is 5.02 Å². The van der Waals surface area contributed by atoms with Crippen molar-refractivity contribution >= 4 is 23.4 Å². The molecule has 0 atom stereocenters. The lowest BCUT2D eigenvalue weighted by Gasteiger charge is -2.16. The van der Waals surface area contributed by atoms with E-state index in [0.29, 0.717) is 17.9 Å². The van der Waals surface area contributed by atoms with Crippen molar-refractivity contribution in [3.8, 4) is 0 Å². The van der Waals surface area contributed by atoms with Crippen molar-refractivity contribution in [1.29, 1.82) is 0 Å². The van der Waals surface area contributed by atoms with Crippen molar-refractivity contribution in [3.05, 3.63) is 70.5 Å². The molecule has 4 nitrogen and oxygen atoms in total. The van der Waals surface area contributed by atoms with Gasteiger partial charge in [-0.15, -0.1) is 0 Å². The van der Waals surface area contributed by atoms with Crippen molar-refractivity contribution in [2.45, 2.75) is 18.3 Å². The highest BCUT2D eigenvalue weighted by Gasteiger charge is 2.51. The molecule has 1 fully saturated rings. The molecule has 0 saturated heterocycles. The van der Waals surface area contributed by atoms with E-state index in [1.165, 1.54) is 24.3 Å². The summed E-state index contributed by atoms with van der Waals surface area (Å²) >= 11 is 5.97. The molecule has 0 aliphatic heterocycles. The van der Waals surface area contributed by atoms with Crippen LogP contribution in [0.3, 0.4) is 0 Å². The highest BCUT2D eigenvalue weighted by atomic mass is 35.5. The lowest BCUT2D eigenvalue weighted by Crippen LogP contribution is -2.46. The third kappa shape index (κ3) is 3.19. The summed E-state index contributed by atoms with van der Waals surface area (Å²) in [4.78, 5) is 24.3. The van der Waals surface area contributed by atoms with E-state index in [4.69, 9.17) is 11.6 Å². The average Bonchev–Trinajstić information content (AvgIpc) is 3.35. The topological polar surface area (TPSA) is 58.2 Å². The van der Waals surface area contributed by atoms with Crippen LogP contribution in [-0.4, -0.2) is 11.8 Å². The first kappa shape index (κ1) is 15.5. The van der Waals surface area contributed by atoms with Crippen molar-refractivity contribution in [2.75, 3.05) is 0 Å². The van der Waals surface area contributed by atoms with Crippen LogP contribution in [-0.2, 0) is 10.2 Å². The number of benzene rings is 2. The van der Waals surface area contributed by atoms with Crippen molar-refractivity contribution < 1.29 is 14.0 Å². The number of amides is 2. The normalized spacial score (nSPS) is 14.9. The third-order valence-corrected chi connectivity index (χ3v) is 4.19. The Balaban J connectivity index is 1.65. The standard InChI is InChI=1S/C17H14ClFN2O2/c18-13-3-1-2-12(10-13)17(8-9-17)16(23)21-20-15(22)11-4-6-14(19)7-5-11/h1-7,10H,8-9H2,(H,20,22)(H,21,23). The fourth-order valence-corrected chi connectivity index (χ4v) is 2.65. The zero-order chi connectivity index (χ0) is 16.4. The Bertz CT molecular complexity index is 757. The van der Waals surface area contributed by atoms with E-state index in [1.807, 2.05) is 6.07 Å². The third-order valence-electron chi connectivity index (χ3n) is 3.96. The largest absolute Gasteiger partial charge is 0.272 e. The van der Waals surface area contributed by atoms with Crippen molar-refractivity contribution in [2.24, 2.45) is 0 Å². The van der Waals surface area contributed by atoms with Gasteiger partial charge in [-0.25, -0.2) is 4.39 Å². The van der Waals surface area contributed by atoms with E-state index in [0.717, 1.165) is 5.56 Å². The van der Waals surface area contributed by atoms with E-state index in [1.54, 1.807) is 18.2 Å². The van der Waals surface area contributed by atoms with E-state index in [-0.39, 0.29) is 11.5 Å². The molecule has 2 N–H and O–H groups in total. The molecule has 0 spiro atoms. The Morgan fingerprint density at radius 3 is 2.35 bits per heavy atom. The Kier molecular flexibility index (Phi) is 4.05. The van der Waals surface area contributed by atoms with Gasteiger partial charge in [0.1, 0.15) is 5.82 Å². The molecule has 0 radical (unpaired) electrons. The van der Waals surface area contributed by atoms with Crippen LogP contribution in [0.1, 0.15) is 28.8 Å². The Hall–Kier alpha value is -2.40. The summed E-state index contributed by atoms with van der Waals surface area (Å²) in [6, 6.07) is 12.2. The van der Waals surface area contributed by atoms with E-state index >= 15 is 0 Å². The molecule has 2 aromatic carbocycles. The molecule has 118 valence electrons. The smallest absolute Gasteiger partial charge is 0.269 e. The quantitative estimate of drug-likeness (QED) is 0.849. The number of nitrogens with one attached hydrogen (secondary N) is 2. The second-order valence-corrected chi connectivity index (χ2v) is 5.94. The van der Waals surface area contributed by atoms with E-state index < -0.39 is 17.1 Å². The van der Waals surface area contributed by atoms with Crippen LogP contribution in [0.4, 0.5) is 4.39 Å². The molecule has 1 aliphatic carbocycles. The fourth-order valence-electron chi connectivity index (χ4n) is 2.46. The SMILES string of the molecule is O=C(NNC(=O)C1(c2cccc(Cl)c2)CC1)c1ccc(F)cc1.